The Balaban J connectivity index is 2.24. The number of hydrogen-bond donors (Lipinski definition) is 0. The van der Waals surface area contributed by atoms with Gasteiger partial charge in [-0.3, -0.25) is 0 Å². The minimum Gasteiger partial charge on any atom is -0.365 e. The first-order valence-electron chi connectivity index (χ1n) is 5.17. The summed E-state index contributed by atoms with van der Waals surface area (Å²) in [5.74, 6) is 0. The molecular weight excluding hydrogens is 210 g/mol. The summed E-state index contributed by atoms with van der Waals surface area (Å²) in [6.07, 6.45) is 0.194. The summed E-state index contributed by atoms with van der Waals surface area (Å²) in [5.41, 5.74) is 0.851. The third-order valence-corrected chi connectivity index (χ3v) is 2.97. The molecule has 15 heavy (non-hydrogen) atoms. The Morgan fingerprint density at radius 2 is 2.07 bits per heavy atom. The fourth-order valence-electron chi connectivity index (χ4n) is 1.94. The molecule has 0 N–H and O–H groups in total. The average molecular weight is 225 g/mol. The highest BCUT2D eigenvalue weighted by Gasteiger charge is 2.33. The molecule has 0 saturated carbocycles. The third-order valence-electron chi connectivity index (χ3n) is 2.72. The highest BCUT2D eigenvalue weighted by Crippen LogP contribution is 2.29. The molecule has 2 atom stereocenters. The van der Waals surface area contributed by atoms with E-state index in [1.807, 2.05) is 24.3 Å². The van der Waals surface area contributed by atoms with E-state index in [4.69, 9.17) is 16.3 Å². The van der Waals surface area contributed by atoms with Crippen molar-refractivity contribution in [2.45, 2.75) is 25.6 Å². The Morgan fingerprint density at radius 3 is 2.67 bits per heavy atom. The van der Waals surface area contributed by atoms with Crippen molar-refractivity contribution >= 4 is 11.6 Å². The zero-order valence-electron chi connectivity index (χ0n) is 9.03. The van der Waals surface area contributed by atoms with Crippen LogP contribution in [0.15, 0.2) is 24.3 Å². The predicted molar refractivity (Wildman–Crippen MR) is 61.2 cm³/mol. The van der Waals surface area contributed by atoms with Crippen molar-refractivity contribution in [2.24, 2.45) is 0 Å². The molecule has 1 fully saturated rings. The summed E-state index contributed by atoms with van der Waals surface area (Å²) in [7, 11) is 0. The second-order valence-corrected chi connectivity index (χ2v) is 4.67. The van der Waals surface area contributed by atoms with Crippen molar-refractivity contribution in [3.63, 3.8) is 0 Å². The lowest BCUT2D eigenvalue weighted by atomic mass is 9.94. The van der Waals surface area contributed by atoms with Gasteiger partial charge in [0.25, 0.3) is 0 Å². The molecule has 3 heteroatoms. The summed E-state index contributed by atoms with van der Waals surface area (Å²) >= 11 is 5.86. The van der Waals surface area contributed by atoms with Crippen LogP contribution in [-0.4, -0.2) is 19.2 Å². The second kappa shape index (κ2) is 4.12. The highest BCUT2D eigenvalue weighted by atomic mass is 35.5. The van der Waals surface area contributed by atoms with Gasteiger partial charge in [-0.2, -0.15) is 0 Å². The van der Waals surface area contributed by atoms with Crippen LogP contribution in [0.25, 0.3) is 0 Å². The third kappa shape index (κ3) is 2.33. The zero-order chi connectivity index (χ0) is 10.9. The fourth-order valence-corrected chi connectivity index (χ4v) is 2.07. The van der Waals surface area contributed by atoms with E-state index in [0.29, 0.717) is 0 Å². The van der Waals surface area contributed by atoms with Crippen LogP contribution in [0.5, 0.6) is 0 Å². The minimum atomic E-state index is -0.289. The monoisotopic (exact) mass is 224 g/mol. The summed E-state index contributed by atoms with van der Waals surface area (Å²) in [4.78, 5) is 0. The molecule has 1 aromatic carbocycles. The van der Waals surface area contributed by atoms with E-state index in [1.54, 1.807) is 0 Å². The summed E-state index contributed by atoms with van der Waals surface area (Å²) < 4.78 is 5.96. The van der Waals surface area contributed by atoms with Gasteiger partial charge in [-0.1, -0.05) is 23.7 Å². The van der Waals surface area contributed by atoms with E-state index >= 15 is 0 Å². The normalized spacial score (nSPS) is 31.5. The molecule has 0 bridgehead atoms. The topological polar surface area (TPSA) is 23.3 Å². The number of hydrogen-bond acceptors (Lipinski definition) is 1. The molecule has 0 unspecified atom stereocenters. The van der Waals surface area contributed by atoms with Crippen molar-refractivity contribution in [3.8, 4) is 0 Å². The van der Waals surface area contributed by atoms with Crippen LogP contribution in [0.1, 0.15) is 19.4 Å². The molecule has 0 aromatic heterocycles. The summed E-state index contributed by atoms with van der Waals surface area (Å²) in [6, 6.07) is 7.81. The predicted octanol–water partition coefficient (Wildman–Crippen LogP) is 2.58. The van der Waals surface area contributed by atoms with Crippen molar-refractivity contribution in [1.82, 2.24) is 5.32 Å². The van der Waals surface area contributed by atoms with E-state index < -0.39 is 0 Å². The molecule has 1 saturated heterocycles. The van der Waals surface area contributed by atoms with Gasteiger partial charge in [-0.15, -0.1) is 0 Å². The number of nitrogens with zero attached hydrogens (tertiary/aromatic N) is 1. The molecule has 1 aliphatic heterocycles. The van der Waals surface area contributed by atoms with E-state index in [2.05, 4.69) is 19.2 Å². The lowest BCUT2D eigenvalue weighted by molar-refractivity contribution is -0.104. The van der Waals surface area contributed by atoms with Gasteiger partial charge in [-0.05, 0) is 31.5 Å². The summed E-state index contributed by atoms with van der Waals surface area (Å²) in [5, 5.41) is 5.21. The van der Waals surface area contributed by atoms with Crippen molar-refractivity contribution < 1.29 is 4.74 Å². The first-order valence-corrected chi connectivity index (χ1v) is 5.55. The van der Waals surface area contributed by atoms with E-state index in [1.165, 1.54) is 0 Å². The lowest BCUT2D eigenvalue weighted by Gasteiger charge is -2.37. The second-order valence-electron chi connectivity index (χ2n) is 4.23. The van der Waals surface area contributed by atoms with Crippen LogP contribution in [0, 0.1) is 0 Å². The van der Waals surface area contributed by atoms with Gasteiger partial charge in [0, 0.05) is 18.1 Å². The number of morpholine rings is 1. The molecule has 0 amide bonds. The molecule has 1 radical (unpaired) electrons. The molecule has 0 spiro atoms. The van der Waals surface area contributed by atoms with Crippen LogP contribution in [0.4, 0.5) is 0 Å². The van der Waals surface area contributed by atoms with Gasteiger partial charge < -0.3 is 4.74 Å². The van der Waals surface area contributed by atoms with Crippen molar-refractivity contribution in [1.29, 1.82) is 0 Å². The Morgan fingerprint density at radius 1 is 1.40 bits per heavy atom. The zero-order valence-corrected chi connectivity index (χ0v) is 9.79. The van der Waals surface area contributed by atoms with E-state index in [0.717, 1.165) is 23.7 Å². The quantitative estimate of drug-likeness (QED) is 0.719. The number of rotatable bonds is 1. The first kappa shape index (κ1) is 10.9. The van der Waals surface area contributed by atoms with Crippen LogP contribution in [-0.2, 0) is 10.3 Å². The van der Waals surface area contributed by atoms with Crippen LogP contribution in [0.3, 0.4) is 0 Å². The Labute approximate surface area is 95.6 Å². The summed E-state index contributed by atoms with van der Waals surface area (Å²) in [6.45, 7) is 5.65. The van der Waals surface area contributed by atoms with Gasteiger partial charge in [-0.25, -0.2) is 5.32 Å². The van der Waals surface area contributed by atoms with Crippen LogP contribution < -0.4 is 5.32 Å². The Kier molecular flexibility index (Phi) is 3.01. The number of ether oxygens (including phenoxy) is 1. The minimum absolute atomic E-state index is 0.194. The molecule has 1 aliphatic rings. The maximum absolute atomic E-state index is 5.96. The van der Waals surface area contributed by atoms with Crippen molar-refractivity contribution in [2.75, 3.05) is 13.1 Å². The molecule has 81 valence electrons. The highest BCUT2D eigenvalue weighted by molar-refractivity contribution is 6.30. The van der Waals surface area contributed by atoms with Crippen LogP contribution in [0.2, 0.25) is 5.02 Å². The van der Waals surface area contributed by atoms with E-state index in [9.17, 15) is 0 Å². The van der Waals surface area contributed by atoms with Gasteiger partial charge in [0.1, 0.15) is 5.60 Å². The number of benzene rings is 1. The smallest absolute Gasteiger partial charge is 0.105 e. The molecule has 1 heterocycles. The standard InChI is InChI=1S/C12H15ClNO/c1-9-7-14-8-12(2,15-9)10-3-5-11(13)6-4-10/h3-6,9H,7-8H2,1-2H3/t9-,12+/m0/s1. The van der Waals surface area contributed by atoms with Gasteiger partial charge in [0.2, 0.25) is 0 Å². The maximum Gasteiger partial charge on any atom is 0.105 e. The SMILES string of the molecule is C[C@H]1C[N]C[C@](C)(c2ccc(Cl)cc2)O1. The molecule has 0 aliphatic carbocycles. The van der Waals surface area contributed by atoms with Gasteiger partial charge >= 0.3 is 0 Å². The molecule has 2 rings (SSSR count). The van der Waals surface area contributed by atoms with E-state index in [-0.39, 0.29) is 11.7 Å². The van der Waals surface area contributed by atoms with Crippen molar-refractivity contribution in [3.05, 3.63) is 34.9 Å². The largest absolute Gasteiger partial charge is 0.365 e. The van der Waals surface area contributed by atoms with Gasteiger partial charge in [0.15, 0.2) is 0 Å². The maximum atomic E-state index is 5.96. The lowest BCUT2D eigenvalue weighted by Crippen LogP contribution is -2.46. The first-order chi connectivity index (χ1) is 7.10. The Hall–Kier alpha value is -0.570. The molecular formula is C12H15ClNO. The Bertz CT molecular complexity index is 338. The van der Waals surface area contributed by atoms with Gasteiger partial charge in [0.05, 0.1) is 6.10 Å². The molecule has 1 aromatic rings. The fraction of sp³-hybridized carbons (Fsp3) is 0.500. The number of halogens is 1. The molecule has 2 nitrogen and oxygen atoms in total. The average Bonchev–Trinajstić information content (AvgIpc) is 2.18. The van der Waals surface area contributed by atoms with Crippen LogP contribution >= 0.6 is 11.6 Å².